The Morgan fingerprint density at radius 2 is 2.00 bits per heavy atom. The third-order valence-electron chi connectivity index (χ3n) is 2.77. The zero-order chi connectivity index (χ0) is 13.9. The van der Waals surface area contributed by atoms with Crippen molar-refractivity contribution in [3.63, 3.8) is 0 Å². The van der Waals surface area contributed by atoms with Crippen molar-refractivity contribution < 1.29 is 13.7 Å². The number of hydrogen-bond acceptors (Lipinski definition) is 4. The number of fused-ring (bicyclic) bond motifs is 1. The van der Waals surface area contributed by atoms with Gasteiger partial charge in [0, 0.05) is 21.5 Å². The number of nitrogens with zero attached hydrogens (tertiary/aromatic N) is 2. The Hall–Kier alpha value is -2.47. The summed E-state index contributed by atoms with van der Waals surface area (Å²) >= 11 is 0. The molecular formula is C14H10N2O3S. The number of benzene rings is 2. The molecule has 1 heterocycles. The van der Waals surface area contributed by atoms with Crippen LogP contribution in [-0.4, -0.2) is 9.37 Å². The standard InChI is InChI=1S/C14H10N2O3S/c17-16-14-7-6-11(10-13(14)15-19-16)8-9-20(18)12-4-2-1-3-5-12/h1-10H/b9-8-. The Balaban J connectivity index is 1.85. The molecule has 1 aromatic heterocycles. The fraction of sp³-hybridized carbons (Fsp3) is 0. The lowest BCUT2D eigenvalue weighted by molar-refractivity contribution is -0.782. The minimum atomic E-state index is -1.20. The summed E-state index contributed by atoms with van der Waals surface area (Å²) in [5, 5.41) is 16.4. The first-order valence-corrected chi connectivity index (χ1v) is 7.09. The van der Waals surface area contributed by atoms with Gasteiger partial charge in [0.05, 0.1) is 10.8 Å². The van der Waals surface area contributed by atoms with E-state index in [-0.39, 0.29) is 0 Å². The molecule has 0 aliphatic rings. The molecule has 0 aliphatic heterocycles. The molecule has 0 N–H and O–H groups in total. The van der Waals surface area contributed by atoms with Gasteiger partial charge in [0.1, 0.15) is 0 Å². The molecule has 1 atom stereocenters. The Kier molecular flexibility index (Phi) is 3.30. The van der Waals surface area contributed by atoms with Gasteiger partial charge in [-0.05, 0) is 34.7 Å². The van der Waals surface area contributed by atoms with Crippen LogP contribution < -0.4 is 4.90 Å². The second kappa shape index (κ2) is 5.26. The van der Waals surface area contributed by atoms with E-state index in [0.29, 0.717) is 15.9 Å². The molecule has 5 nitrogen and oxygen atoms in total. The van der Waals surface area contributed by atoms with Gasteiger partial charge in [-0.3, -0.25) is 4.63 Å². The summed E-state index contributed by atoms with van der Waals surface area (Å²) in [6.07, 6.45) is 1.73. The van der Waals surface area contributed by atoms with Crippen molar-refractivity contribution in [3.05, 3.63) is 64.7 Å². The van der Waals surface area contributed by atoms with Crippen LogP contribution in [0.25, 0.3) is 17.1 Å². The Morgan fingerprint density at radius 3 is 2.80 bits per heavy atom. The van der Waals surface area contributed by atoms with Gasteiger partial charge < -0.3 is 5.21 Å². The highest BCUT2D eigenvalue weighted by atomic mass is 32.2. The van der Waals surface area contributed by atoms with Gasteiger partial charge in [0.15, 0.2) is 0 Å². The summed E-state index contributed by atoms with van der Waals surface area (Å²) in [7, 11) is -1.20. The van der Waals surface area contributed by atoms with Gasteiger partial charge >= 0.3 is 0 Å². The SMILES string of the molecule is O=S(/C=C\c1ccc2c(c1)no[n+]2[O-])c1ccccc1. The monoisotopic (exact) mass is 286 g/mol. The van der Waals surface area contributed by atoms with E-state index >= 15 is 0 Å². The fourth-order valence-corrected chi connectivity index (χ4v) is 2.63. The smallest absolute Gasteiger partial charge is 0.249 e. The molecule has 0 spiro atoms. The molecule has 2 aromatic carbocycles. The Morgan fingerprint density at radius 1 is 1.20 bits per heavy atom. The Labute approximate surface area is 117 Å². The largest absolute Gasteiger partial charge is 0.359 e. The lowest BCUT2D eigenvalue weighted by Crippen LogP contribution is -2.22. The summed E-state index contributed by atoms with van der Waals surface area (Å²) in [5.74, 6) is 0. The number of aromatic nitrogens is 2. The van der Waals surface area contributed by atoms with Gasteiger partial charge in [-0.25, -0.2) is 4.21 Å². The predicted molar refractivity (Wildman–Crippen MR) is 74.9 cm³/mol. The van der Waals surface area contributed by atoms with E-state index in [4.69, 9.17) is 0 Å². The highest BCUT2D eigenvalue weighted by Crippen LogP contribution is 2.13. The Bertz CT molecular complexity index is 797. The van der Waals surface area contributed by atoms with E-state index in [2.05, 4.69) is 9.79 Å². The van der Waals surface area contributed by atoms with Crippen LogP contribution in [0.3, 0.4) is 0 Å². The molecular weight excluding hydrogens is 276 g/mol. The van der Waals surface area contributed by atoms with Gasteiger partial charge in [0.2, 0.25) is 11.0 Å². The highest BCUT2D eigenvalue weighted by molar-refractivity contribution is 7.88. The zero-order valence-electron chi connectivity index (χ0n) is 10.3. The van der Waals surface area contributed by atoms with Crippen molar-refractivity contribution in [2.45, 2.75) is 4.90 Å². The van der Waals surface area contributed by atoms with Crippen molar-refractivity contribution in [3.8, 4) is 0 Å². The van der Waals surface area contributed by atoms with E-state index in [9.17, 15) is 9.42 Å². The van der Waals surface area contributed by atoms with Crippen LogP contribution in [0.1, 0.15) is 5.56 Å². The van der Waals surface area contributed by atoms with Crippen LogP contribution in [0, 0.1) is 5.21 Å². The zero-order valence-corrected chi connectivity index (χ0v) is 11.1. The number of hydrogen-bond donors (Lipinski definition) is 0. The molecule has 0 saturated heterocycles. The highest BCUT2D eigenvalue weighted by Gasteiger charge is 2.08. The lowest BCUT2D eigenvalue weighted by Gasteiger charge is -1.95. The molecule has 0 bridgehead atoms. The summed E-state index contributed by atoms with van der Waals surface area (Å²) in [5.41, 5.74) is 1.63. The molecule has 6 heteroatoms. The van der Waals surface area contributed by atoms with E-state index in [1.807, 2.05) is 30.3 Å². The van der Waals surface area contributed by atoms with Crippen molar-refractivity contribution in [2.24, 2.45) is 0 Å². The van der Waals surface area contributed by atoms with Crippen LogP contribution >= 0.6 is 0 Å². The maximum atomic E-state index is 12.0. The van der Waals surface area contributed by atoms with Gasteiger partial charge in [-0.2, -0.15) is 0 Å². The molecule has 0 saturated carbocycles. The van der Waals surface area contributed by atoms with Crippen molar-refractivity contribution in [1.29, 1.82) is 0 Å². The van der Waals surface area contributed by atoms with E-state index in [0.717, 1.165) is 10.5 Å². The predicted octanol–water partition coefficient (Wildman–Crippen LogP) is 2.24. The van der Waals surface area contributed by atoms with Gasteiger partial charge in [-0.15, -0.1) is 0 Å². The summed E-state index contributed by atoms with van der Waals surface area (Å²) in [4.78, 5) is 1.09. The van der Waals surface area contributed by atoms with Gasteiger partial charge in [0.25, 0.3) is 0 Å². The maximum Gasteiger partial charge on any atom is 0.249 e. The van der Waals surface area contributed by atoms with Crippen molar-refractivity contribution in [2.75, 3.05) is 0 Å². The summed E-state index contributed by atoms with van der Waals surface area (Å²) in [6.45, 7) is 0. The molecule has 0 amide bonds. The quantitative estimate of drug-likeness (QED) is 0.692. The third kappa shape index (κ3) is 2.46. The average Bonchev–Trinajstić information content (AvgIpc) is 2.87. The average molecular weight is 286 g/mol. The third-order valence-corrected chi connectivity index (χ3v) is 3.89. The van der Waals surface area contributed by atoms with Crippen molar-refractivity contribution in [1.82, 2.24) is 5.16 Å². The van der Waals surface area contributed by atoms with E-state index in [1.165, 1.54) is 0 Å². The summed E-state index contributed by atoms with van der Waals surface area (Å²) in [6, 6.07) is 14.2. The van der Waals surface area contributed by atoms with Crippen molar-refractivity contribution >= 4 is 27.9 Å². The second-order valence-electron chi connectivity index (χ2n) is 4.09. The molecule has 3 aromatic rings. The van der Waals surface area contributed by atoms with E-state index < -0.39 is 10.8 Å². The molecule has 0 radical (unpaired) electrons. The number of rotatable bonds is 3. The topological polar surface area (TPSA) is 70.0 Å². The lowest BCUT2D eigenvalue weighted by atomic mass is 10.2. The molecule has 0 aliphatic carbocycles. The summed E-state index contributed by atoms with van der Waals surface area (Å²) < 4.78 is 16.5. The molecule has 0 fully saturated rings. The van der Waals surface area contributed by atoms with Crippen LogP contribution in [0.5, 0.6) is 0 Å². The molecule has 100 valence electrons. The molecule has 3 rings (SSSR count). The van der Waals surface area contributed by atoms with Crippen LogP contribution in [0.15, 0.2) is 63.5 Å². The first-order chi connectivity index (χ1) is 9.74. The first kappa shape index (κ1) is 12.6. The van der Waals surface area contributed by atoms with Crippen LogP contribution in [0.2, 0.25) is 0 Å². The first-order valence-electron chi connectivity index (χ1n) is 5.87. The van der Waals surface area contributed by atoms with Gasteiger partial charge in [-0.1, -0.05) is 24.3 Å². The second-order valence-corrected chi connectivity index (χ2v) is 5.43. The van der Waals surface area contributed by atoms with Crippen LogP contribution in [-0.2, 0) is 10.8 Å². The fourth-order valence-electron chi connectivity index (χ4n) is 1.77. The minimum absolute atomic E-state index is 0.352. The minimum Gasteiger partial charge on any atom is -0.359 e. The molecule has 20 heavy (non-hydrogen) atoms. The van der Waals surface area contributed by atoms with Crippen LogP contribution in [0.4, 0.5) is 0 Å². The molecule has 1 unspecified atom stereocenters. The van der Waals surface area contributed by atoms with E-state index in [1.54, 1.807) is 29.7 Å². The normalized spacial score (nSPS) is 13.0. The maximum absolute atomic E-state index is 12.0.